The van der Waals surface area contributed by atoms with E-state index in [1.165, 1.54) is 4.80 Å². The number of rotatable bonds is 4. The van der Waals surface area contributed by atoms with Crippen LogP contribution >= 0.6 is 0 Å². The monoisotopic (exact) mass is 317 g/mol. The molecule has 0 bridgehead atoms. The first-order chi connectivity index (χ1) is 11.3. The Hall–Kier alpha value is -2.45. The first-order valence-electron chi connectivity index (χ1n) is 7.39. The van der Waals surface area contributed by atoms with Crippen molar-refractivity contribution in [3.05, 3.63) is 36.7 Å². The van der Waals surface area contributed by atoms with Crippen molar-refractivity contribution in [2.24, 2.45) is 0 Å². The van der Waals surface area contributed by atoms with E-state index in [1.807, 2.05) is 24.3 Å². The summed E-state index contributed by atoms with van der Waals surface area (Å²) in [5, 5.41) is 11.2. The van der Waals surface area contributed by atoms with Gasteiger partial charge in [-0.1, -0.05) is 12.1 Å². The smallest absolute Gasteiger partial charge is 0.322 e. The van der Waals surface area contributed by atoms with Gasteiger partial charge in [-0.05, 0) is 12.1 Å². The Labute approximate surface area is 134 Å². The van der Waals surface area contributed by atoms with Gasteiger partial charge in [0.2, 0.25) is 0 Å². The summed E-state index contributed by atoms with van der Waals surface area (Å²) in [6.07, 6.45) is 3.18. The number of nitrogens with zero attached hydrogens (tertiary/aromatic N) is 4. The zero-order valence-corrected chi connectivity index (χ0v) is 12.9. The highest BCUT2D eigenvalue weighted by atomic mass is 16.5. The summed E-state index contributed by atoms with van der Waals surface area (Å²) >= 11 is 0. The third-order valence-electron chi connectivity index (χ3n) is 3.63. The average Bonchev–Trinajstić information content (AvgIpc) is 3.10. The molecule has 1 aromatic carbocycles. The summed E-state index contributed by atoms with van der Waals surface area (Å²) in [6, 6.07) is 7.12. The van der Waals surface area contributed by atoms with Gasteiger partial charge in [-0.3, -0.25) is 0 Å². The molecule has 0 radical (unpaired) electrons. The van der Waals surface area contributed by atoms with Gasteiger partial charge in [0.15, 0.2) is 0 Å². The standard InChI is InChI=1S/C15H19N5O3/c1-22-10-12-11-23-9-8-19(12)15(21)18-13-4-2-3-5-14(13)20-16-6-7-17-20/h2-7,12H,8-11H2,1H3,(H,18,21). The lowest BCUT2D eigenvalue weighted by Crippen LogP contribution is -2.52. The first kappa shape index (κ1) is 15.4. The Morgan fingerprint density at radius 3 is 2.96 bits per heavy atom. The summed E-state index contributed by atoms with van der Waals surface area (Å²) < 4.78 is 10.6. The Morgan fingerprint density at radius 1 is 1.39 bits per heavy atom. The van der Waals surface area contributed by atoms with E-state index in [2.05, 4.69) is 15.5 Å². The molecule has 2 amide bonds. The zero-order chi connectivity index (χ0) is 16.1. The van der Waals surface area contributed by atoms with Crippen LogP contribution in [0.2, 0.25) is 0 Å². The molecular formula is C15H19N5O3. The number of carbonyl (C=O) groups is 1. The molecule has 1 saturated heterocycles. The van der Waals surface area contributed by atoms with Crippen LogP contribution in [0.25, 0.3) is 5.69 Å². The predicted octanol–water partition coefficient (Wildman–Crippen LogP) is 1.15. The van der Waals surface area contributed by atoms with Gasteiger partial charge in [-0.15, -0.1) is 4.80 Å². The minimum Gasteiger partial charge on any atom is -0.382 e. The number of nitrogens with one attached hydrogen (secondary N) is 1. The van der Waals surface area contributed by atoms with Crippen molar-refractivity contribution in [2.45, 2.75) is 6.04 Å². The highest BCUT2D eigenvalue weighted by Crippen LogP contribution is 2.19. The molecule has 1 aliphatic rings. The van der Waals surface area contributed by atoms with Crippen LogP contribution in [0.4, 0.5) is 10.5 Å². The summed E-state index contributed by atoms with van der Waals surface area (Å²) in [6.45, 7) is 1.97. The molecule has 8 heteroatoms. The van der Waals surface area contributed by atoms with Crippen molar-refractivity contribution in [2.75, 3.05) is 38.8 Å². The fourth-order valence-corrected chi connectivity index (χ4v) is 2.53. The molecule has 0 spiro atoms. The van der Waals surface area contributed by atoms with Gasteiger partial charge in [0.05, 0.1) is 43.9 Å². The lowest BCUT2D eigenvalue weighted by molar-refractivity contribution is -0.0133. The number of hydrogen-bond donors (Lipinski definition) is 1. The molecule has 3 rings (SSSR count). The van der Waals surface area contributed by atoms with Crippen LogP contribution in [0, 0.1) is 0 Å². The Balaban J connectivity index is 1.77. The number of benzene rings is 1. The van der Waals surface area contributed by atoms with E-state index in [4.69, 9.17) is 9.47 Å². The van der Waals surface area contributed by atoms with E-state index in [1.54, 1.807) is 24.4 Å². The first-order valence-corrected chi connectivity index (χ1v) is 7.39. The maximum atomic E-state index is 12.6. The molecule has 2 aromatic rings. The van der Waals surface area contributed by atoms with Gasteiger partial charge >= 0.3 is 6.03 Å². The number of carbonyl (C=O) groups excluding carboxylic acids is 1. The van der Waals surface area contributed by atoms with Gasteiger partial charge < -0.3 is 19.7 Å². The quantitative estimate of drug-likeness (QED) is 0.915. The third kappa shape index (κ3) is 3.49. The molecule has 1 N–H and O–H groups in total. The summed E-state index contributed by atoms with van der Waals surface area (Å²) in [5.74, 6) is 0. The fraction of sp³-hybridized carbons (Fsp3) is 0.400. The predicted molar refractivity (Wildman–Crippen MR) is 83.6 cm³/mol. The van der Waals surface area contributed by atoms with Crippen LogP contribution in [-0.4, -0.2) is 65.4 Å². The highest BCUT2D eigenvalue weighted by Gasteiger charge is 2.27. The second-order valence-corrected chi connectivity index (χ2v) is 5.14. The lowest BCUT2D eigenvalue weighted by atomic mass is 10.2. The zero-order valence-electron chi connectivity index (χ0n) is 12.9. The van der Waals surface area contributed by atoms with E-state index < -0.39 is 0 Å². The second-order valence-electron chi connectivity index (χ2n) is 5.14. The van der Waals surface area contributed by atoms with Crippen LogP contribution in [0.5, 0.6) is 0 Å². The molecule has 122 valence electrons. The van der Waals surface area contributed by atoms with Crippen molar-refractivity contribution in [3.63, 3.8) is 0 Å². The summed E-state index contributed by atoms with van der Waals surface area (Å²) in [7, 11) is 1.61. The second kappa shape index (κ2) is 7.21. The van der Waals surface area contributed by atoms with Crippen LogP contribution in [0.1, 0.15) is 0 Å². The maximum absolute atomic E-state index is 12.6. The third-order valence-corrected chi connectivity index (χ3v) is 3.63. The lowest BCUT2D eigenvalue weighted by Gasteiger charge is -2.35. The molecular weight excluding hydrogens is 298 g/mol. The van der Waals surface area contributed by atoms with E-state index in [9.17, 15) is 4.79 Å². The highest BCUT2D eigenvalue weighted by molar-refractivity contribution is 5.91. The van der Waals surface area contributed by atoms with Crippen LogP contribution in [0.3, 0.4) is 0 Å². The van der Waals surface area contributed by atoms with Gasteiger partial charge in [0.25, 0.3) is 0 Å². The fourth-order valence-electron chi connectivity index (χ4n) is 2.53. The normalized spacial score (nSPS) is 18.0. The molecule has 1 atom stereocenters. The summed E-state index contributed by atoms with van der Waals surface area (Å²) in [5.41, 5.74) is 1.36. The molecule has 23 heavy (non-hydrogen) atoms. The van der Waals surface area contributed by atoms with Gasteiger partial charge in [-0.25, -0.2) is 4.79 Å². The van der Waals surface area contributed by atoms with Crippen LogP contribution in [-0.2, 0) is 9.47 Å². The molecule has 1 fully saturated rings. The molecule has 8 nitrogen and oxygen atoms in total. The average molecular weight is 317 g/mol. The van der Waals surface area contributed by atoms with Gasteiger partial charge in [0.1, 0.15) is 5.69 Å². The molecule has 2 heterocycles. The minimum atomic E-state index is -0.185. The van der Waals surface area contributed by atoms with Crippen molar-refractivity contribution < 1.29 is 14.3 Å². The number of anilines is 1. The molecule has 0 saturated carbocycles. The van der Waals surface area contributed by atoms with E-state index in [0.29, 0.717) is 37.7 Å². The van der Waals surface area contributed by atoms with Gasteiger partial charge in [0, 0.05) is 13.7 Å². The number of urea groups is 1. The van der Waals surface area contributed by atoms with E-state index in [-0.39, 0.29) is 12.1 Å². The molecule has 1 unspecified atom stereocenters. The Bertz CT molecular complexity index is 644. The number of amides is 2. The number of hydrogen-bond acceptors (Lipinski definition) is 5. The number of para-hydroxylation sites is 2. The van der Waals surface area contributed by atoms with Crippen LogP contribution in [0.15, 0.2) is 36.7 Å². The Morgan fingerprint density at radius 2 is 2.17 bits per heavy atom. The van der Waals surface area contributed by atoms with Crippen molar-refractivity contribution in [3.8, 4) is 5.69 Å². The van der Waals surface area contributed by atoms with Gasteiger partial charge in [-0.2, -0.15) is 10.2 Å². The number of ether oxygens (including phenoxy) is 2. The van der Waals surface area contributed by atoms with Crippen molar-refractivity contribution >= 4 is 11.7 Å². The number of methoxy groups -OCH3 is 1. The van der Waals surface area contributed by atoms with Crippen LogP contribution < -0.4 is 5.32 Å². The SMILES string of the molecule is COCC1COCCN1C(=O)Nc1ccccc1-n1nccn1. The Kier molecular flexibility index (Phi) is 4.84. The summed E-state index contributed by atoms with van der Waals surface area (Å²) in [4.78, 5) is 15.8. The molecule has 0 aliphatic carbocycles. The van der Waals surface area contributed by atoms with E-state index >= 15 is 0 Å². The number of aromatic nitrogens is 3. The van der Waals surface area contributed by atoms with Crippen molar-refractivity contribution in [1.29, 1.82) is 0 Å². The topological polar surface area (TPSA) is 81.5 Å². The molecule has 1 aromatic heterocycles. The van der Waals surface area contributed by atoms with Crippen molar-refractivity contribution in [1.82, 2.24) is 19.9 Å². The largest absolute Gasteiger partial charge is 0.382 e. The number of morpholine rings is 1. The minimum absolute atomic E-state index is 0.0938. The van der Waals surface area contributed by atoms with E-state index in [0.717, 1.165) is 0 Å². The molecule has 1 aliphatic heterocycles. The maximum Gasteiger partial charge on any atom is 0.322 e.